The molecule has 0 radical (unpaired) electrons. The summed E-state index contributed by atoms with van der Waals surface area (Å²) in [6, 6.07) is 18.0. The van der Waals surface area contributed by atoms with Gasteiger partial charge in [-0.15, -0.1) is 0 Å². The lowest BCUT2D eigenvalue weighted by Gasteiger charge is -2.06. The Morgan fingerprint density at radius 3 is 2.24 bits per heavy atom. The topological polar surface area (TPSA) is 35.8 Å². The van der Waals surface area contributed by atoms with Gasteiger partial charge in [0.15, 0.2) is 0 Å². The second-order valence-electron chi connectivity index (χ2n) is 3.67. The molecule has 0 atom stereocenters. The molecule has 3 heteroatoms. The molecule has 17 heavy (non-hydrogen) atoms. The summed E-state index contributed by atoms with van der Waals surface area (Å²) in [5.74, 6) is 0. The van der Waals surface area contributed by atoms with Crippen LogP contribution in [0.3, 0.4) is 0 Å². The average molecular weight is 334 g/mol. The number of hydrogen-bond donors (Lipinski definition) is 1. The van der Waals surface area contributed by atoms with Crippen molar-refractivity contribution in [3.63, 3.8) is 0 Å². The second kappa shape index (κ2) is 5.69. The van der Waals surface area contributed by atoms with Crippen molar-refractivity contribution in [2.24, 2.45) is 0 Å². The molecule has 0 aliphatic heterocycles. The summed E-state index contributed by atoms with van der Waals surface area (Å²) in [5, 5.41) is 12.0. The third-order valence-corrected chi connectivity index (χ3v) is 3.14. The molecule has 1 N–H and O–H groups in total. The quantitative estimate of drug-likeness (QED) is 0.868. The van der Waals surface area contributed by atoms with Gasteiger partial charge < -0.3 is 5.32 Å². The van der Waals surface area contributed by atoms with Gasteiger partial charge in [0.1, 0.15) is 0 Å². The zero-order valence-electron chi connectivity index (χ0n) is 9.15. The minimum atomic E-state index is 0.697. The molecule has 2 aromatic rings. The van der Waals surface area contributed by atoms with E-state index in [2.05, 4.69) is 58.2 Å². The number of hydrogen-bond acceptors (Lipinski definition) is 2. The normalized spacial score (nSPS) is 9.65. The Bertz CT molecular complexity index is 524. The third kappa shape index (κ3) is 3.46. The molecular formula is C14H11IN2. The summed E-state index contributed by atoms with van der Waals surface area (Å²) in [7, 11) is 0. The van der Waals surface area contributed by atoms with Crippen LogP contribution in [-0.4, -0.2) is 0 Å². The van der Waals surface area contributed by atoms with Crippen molar-refractivity contribution in [1.29, 1.82) is 5.26 Å². The van der Waals surface area contributed by atoms with Gasteiger partial charge in [0, 0.05) is 15.8 Å². The van der Waals surface area contributed by atoms with Crippen LogP contribution >= 0.6 is 22.6 Å². The molecule has 0 bridgehead atoms. The first-order chi connectivity index (χ1) is 8.28. The molecule has 0 amide bonds. The van der Waals surface area contributed by atoms with Gasteiger partial charge in [0.05, 0.1) is 11.6 Å². The standard InChI is InChI=1S/C14H11IN2/c15-13-5-7-14(8-6-13)17-10-12-3-1-11(9-16)2-4-12/h1-8,17H,10H2. The lowest BCUT2D eigenvalue weighted by atomic mass is 10.1. The molecule has 0 fully saturated rings. The Kier molecular flexibility index (Phi) is 3.99. The Morgan fingerprint density at radius 2 is 1.65 bits per heavy atom. The highest BCUT2D eigenvalue weighted by Crippen LogP contribution is 2.12. The van der Waals surface area contributed by atoms with Crippen molar-refractivity contribution in [3.05, 3.63) is 63.2 Å². The van der Waals surface area contributed by atoms with E-state index in [0.29, 0.717) is 5.56 Å². The highest BCUT2D eigenvalue weighted by Gasteiger charge is 1.95. The van der Waals surface area contributed by atoms with Crippen LogP contribution < -0.4 is 5.32 Å². The maximum absolute atomic E-state index is 8.70. The molecule has 2 aromatic carbocycles. The van der Waals surface area contributed by atoms with Gasteiger partial charge in [-0.05, 0) is 64.6 Å². The number of rotatable bonds is 3. The SMILES string of the molecule is N#Cc1ccc(CNc2ccc(I)cc2)cc1. The van der Waals surface area contributed by atoms with Crippen LogP contribution in [0.15, 0.2) is 48.5 Å². The van der Waals surface area contributed by atoms with E-state index in [1.165, 1.54) is 9.13 Å². The molecule has 0 aliphatic rings. The predicted octanol–water partition coefficient (Wildman–Crippen LogP) is 3.77. The van der Waals surface area contributed by atoms with E-state index in [4.69, 9.17) is 5.26 Å². The van der Waals surface area contributed by atoms with Gasteiger partial charge >= 0.3 is 0 Å². The van der Waals surface area contributed by atoms with E-state index < -0.39 is 0 Å². The molecule has 2 rings (SSSR count). The van der Waals surface area contributed by atoms with E-state index in [9.17, 15) is 0 Å². The van der Waals surface area contributed by atoms with Crippen LogP contribution in [0, 0.1) is 14.9 Å². The van der Waals surface area contributed by atoms with Crippen molar-refractivity contribution in [3.8, 4) is 6.07 Å². The van der Waals surface area contributed by atoms with Crippen LogP contribution in [0.4, 0.5) is 5.69 Å². The van der Waals surface area contributed by atoms with Crippen molar-refractivity contribution < 1.29 is 0 Å². The number of nitriles is 1. The second-order valence-corrected chi connectivity index (χ2v) is 4.91. The summed E-state index contributed by atoms with van der Waals surface area (Å²) in [4.78, 5) is 0. The van der Waals surface area contributed by atoms with E-state index >= 15 is 0 Å². The van der Waals surface area contributed by atoms with E-state index in [-0.39, 0.29) is 0 Å². The first-order valence-corrected chi connectivity index (χ1v) is 6.34. The Labute approximate surface area is 114 Å². The summed E-state index contributed by atoms with van der Waals surface area (Å²) >= 11 is 2.29. The van der Waals surface area contributed by atoms with Crippen molar-refractivity contribution >= 4 is 28.3 Å². The lowest BCUT2D eigenvalue weighted by molar-refractivity contribution is 1.15. The van der Waals surface area contributed by atoms with Gasteiger partial charge in [-0.2, -0.15) is 5.26 Å². The molecule has 0 saturated heterocycles. The van der Waals surface area contributed by atoms with E-state index in [0.717, 1.165) is 12.2 Å². The average Bonchev–Trinajstić information content (AvgIpc) is 2.39. The molecule has 0 unspecified atom stereocenters. The van der Waals surface area contributed by atoms with Crippen molar-refractivity contribution in [2.45, 2.75) is 6.54 Å². The zero-order valence-corrected chi connectivity index (χ0v) is 11.3. The maximum atomic E-state index is 8.70. The molecular weight excluding hydrogens is 323 g/mol. The Balaban J connectivity index is 1.98. The zero-order chi connectivity index (χ0) is 12.1. The molecule has 0 spiro atoms. The molecule has 0 saturated carbocycles. The van der Waals surface area contributed by atoms with Crippen LogP contribution in [0.25, 0.3) is 0 Å². The van der Waals surface area contributed by atoms with Gasteiger partial charge in [-0.3, -0.25) is 0 Å². The van der Waals surface area contributed by atoms with Crippen LogP contribution in [0.5, 0.6) is 0 Å². The van der Waals surface area contributed by atoms with Gasteiger partial charge in [-0.1, -0.05) is 12.1 Å². The smallest absolute Gasteiger partial charge is 0.0991 e. The summed E-state index contributed by atoms with van der Waals surface area (Å²) < 4.78 is 1.23. The van der Waals surface area contributed by atoms with Crippen LogP contribution in [-0.2, 0) is 6.54 Å². The predicted molar refractivity (Wildman–Crippen MR) is 77.6 cm³/mol. The first kappa shape index (κ1) is 11.9. The Morgan fingerprint density at radius 1 is 1.00 bits per heavy atom. The lowest BCUT2D eigenvalue weighted by Crippen LogP contribution is -1.99. The monoisotopic (exact) mass is 334 g/mol. The maximum Gasteiger partial charge on any atom is 0.0991 e. The summed E-state index contributed by atoms with van der Waals surface area (Å²) in [6.07, 6.45) is 0. The van der Waals surface area contributed by atoms with Crippen LogP contribution in [0.2, 0.25) is 0 Å². The molecule has 0 aromatic heterocycles. The number of nitrogens with one attached hydrogen (secondary N) is 1. The molecule has 2 nitrogen and oxygen atoms in total. The fraction of sp³-hybridized carbons (Fsp3) is 0.0714. The number of nitrogens with zero attached hydrogens (tertiary/aromatic N) is 1. The largest absolute Gasteiger partial charge is 0.381 e. The summed E-state index contributed by atoms with van der Waals surface area (Å²) in [6.45, 7) is 0.770. The van der Waals surface area contributed by atoms with Crippen molar-refractivity contribution in [2.75, 3.05) is 5.32 Å². The highest BCUT2D eigenvalue weighted by atomic mass is 127. The Hall–Kier alpha value is -1.54. The number of halogens is 1. The highest BCUT2D eigenvalue weighted by molar-refractivity contribution is 14.1. The molecule has 0 aliphatic carbocycles. The number of anilines is 1. The van der Waals surface area contributed by atoms with E-state index in [1.807, 2.05) is 24.3 Å². The fourth-order valence-electron chi connectivity index (χ4n) is 1.47. The minimum absolute atomic E-state index is 0.697. The number of benzene rings is 2. The minimum Gasteiger partial charge on any atom is -0.381 e. The van der Waals surface area contributed by atoms with Gasteiger partial charge in [0.2, 0.25) is 0 Å². The van der Waals surface area contributed by atoms with Gasteiger partial charge in [-0.25, -0.2) is 0 Å². The third-order valence-electron chi connectivity index (χ3n) is 2.42. The first-order valence-electron chi connectivity index (χ1n) is 5.26. The summed E-state index contributed by atoms with van der Waals surface area (Å²) in [5.41, 5.74) is 2.97. The van der Waals surface area contributed by atoms with Crippen LogP contribution in [0.1, 0.15) is 11.1 Å². The fourth-order valence-corrected chi connectivity index (χ4v) is 1.83. The van der Waals surface area contributed by atoms with E-state index in [1.54, 1.807) is 0 Å². The van der Waals surface area contributed by atoms with Crippen molar-refractivity contribution in [1.82, 2.24) is 0 Å². The molecule has 0 heterocycles. The molecule has 84 valence electrons. The van der Waals surface area contributed by atoms with Gasteiger partial charge in [0.25, 0.3) is 0 Å².